The number of rotatable bonds is 5. The quantitative estimate of drug-likeness (QED) is 0.686. The SMILES string of the molecule is Cc1nc(-c2cc3cc(OCC(C)C)cc(C#N)c3s2)sc1C(=O)O. The van der Waals surface area contributed by atoms with Gasteiger partial charge in [0.05, 0.1) is 27.4 Å². The molecule has 0 aliphatic heterocycles. The monoisotopic (exact) mass is 372 g/mol. The first-order valence-electron chi connectivity index (χ1n) is 7.70. The standard InChI is InChI=1S/C18H16N2O3S2/c1-9(2)8-23-13-4-11-6-14(24-16(11)12(5-13)7-19)17-20-10(3)15(25-17)18(21)22/h4-6,9H,8H2,1-3H3,(H,21,22). The molecule has 0 amide bonds. The van der Waals surface area contributed by atoms with E-state index >= 15 is 0 Å². The van der Waals surface area contributed by atoms with E-state index < -0.39 is 5.97 Å². The van der Waals surface area contributed by atoms with Crippen LogP contribution in [0.2, 0.25) is 0 Å². The summed E-state index contributed by atoms with van der Waals surface area (Å²) >= 11 is 2.60. The van der Waals surface area contributed by atoms with E-state index in [0.29, 0.717) is 34.5 Å². The maximum atomic E-state index is 11.2. The van der Waals surface area contributed by atoms with E-state index in [1.165, 1.54) is 11.3 Å². The number of nitrogens with zero attached hydrogens (tertiary/aromatic N) is 2. The number of carboxylic acids is 1. The van der Waals surface area contributed by atoms with Gasteiger partial charge in [-0.2, -0.15) is 5.26 Å². The zero-order valence-corrected chi connectivity index (χ0v) is 15.6. The van der Waals surface area contributed by atoms with Crippen molar-refractivity contribution < 1.29 is 14.6 Å². The first kappa shape index (κ1) is 17.4. The van der Waals surface area contributed by atoms with Gasteiger partial charge < -0.3 is 9.84 Å². The topological polar surface area (TPSA) is 83.2 Å². The second-order valence-electron chi connectivity index (χ2n) is 6.06. The van der Waals surface area contributed by atoms with E-state index in [-0.39, 0.29) is 4.88 Å². The Hall–Kier alpha value is -2.43. The molecule has 0 aliphatic rings. The molecule has 5 nitrogen and oxygen atoms in total. The van der Waals surface area contributed by atoms with Crippen LogP contribution in [-0.4, -0.2) is 22.7 Å². The number of hydrogen-bond donors (Lipinski definition) is 1. The Morgan fingerprint density at radius 1 is 1.36 bits per heavy atom. The summed E-state index contributed by atoms with van der Waals surface area (Å²) in [6, 6.07) is 7.82. The Balaban J connectivity index is 2.06. The van der Waals surface area contributed by atoms with Crippen molar-refractivity contribution in [3.63, 3.8) is 0 Å². The van der Waals surface area contributed by atoms with Gasteiger partial charge in [-0.1, -0.05) is 13.8 Å². The molecule has 0 fully saturated rings. The molecule has 128 valence electrons. The number of thiazole rings is 1. The normalized spacial score (nSPS) is 11.0. The Morgan fingerprint density at radius 3 is 2.72 bits per heavy atom. The van der Waals surface area contributed by atoms with Gasteiger partial charge in [0.1, 0.15) is 21.7 Å². The van der Waals surface area contributed by atoms with E-state index in [0.717, 1.165) is 26.3 Å². The Kier molecular flexibility index (Phi) is 4.75. The van der Waals surface area contributed by atoms with Crippen molar-refractivity contribution >= 4 is 38.7 Å². The number of carboxylic acid groups (broad SMARTS) is 1. The van der Waals surface area contributed by atoms with Gasteiger partial charge in [-0.15, -0.1) is 22.7 Å². The average Bonchev–Trinajstić information content (AvgIpc) is 3.15. The minimum atomic E-state index is -0.968. The summed E-state index contributed by atoms with van der Waals surface area (Å²) in [5, 5.41) is 20.2. The number of hydrogen-bond acceptors (Lipinski definition) is 6. The molecule has 1 N–H and O–H groups in total. The second-order valence-corrected chi connectivity index (χ2v) is 8.11. The summed E-state index contributed by atoms with van der Waals surface area (Å²) in [6.45, 7) is 6.41. The van der Waals surface area contributed by atoms with Crippen LogP contribution in [0.5, 0.6) is 5.75 Å². The van der Waals surface area contributed by atoms with Crippen molar-refractivity contribution in [2.45, 2.75) is 20.8 Å². The first-order valence-corrected chi connectivity index (χ1v) is 9.34. The molecule has 7 heteroatoms. The van der Waals surface area contributed by atoms with Crippen LogP contribution in [0.25, 0.3) is 20.0 Å². The highest BCUT2D eigenvalue weighted by Crippen LogP contribution is 2.39. The average molecular weight is 372 g/mol. The van der Waals surface area contributed by atoms with E-state index in [1.54, 1.807) is 13.0 Å². The van der Waals surface area contributed by atoms with Gasteiger partial charge in [0, 0.05) is 0 Å². The van der Waals surface area contributed by atoms with Crippen LogP contribution in [0.1, 0.15) is 34.8 Å². The molecule has 3 aromatic rings. The molecule has 0 saturated heterocycles. The Labute approximate surface area is 153 Å². The lowest BCUT2D eigenvalue weighted by molar-refractivity contribution is 0.0701. The number of carbonyl (C=O) groups is 1. The van der Waals surface area contributed by atoms with Crippen LogP contribution in [0.4, 0.5) is 0 Å². The van der Waals surface area contributed by atoms with Crippen LogP contribution in [-0.2, 0) is 0 Å². The molecule has 0 aliphatic carbocycles. The molecule has 25 heavy (non-hydrogen) atoms. The van der Waals surface area contributed by atoms with Crippen LogP contribution in [0.3, 0.4) is 0 Å². The molecular weight excluding hydrogens is 356 g/mol. The molecule has 0 saturated carbocycles. The minimum absolute atomic E-state index is 0.244. The van der Waals surface area contributed by atoms with Crippen LogP contribution < -0.4 is 4.74 Å². The second kappa shape index (κ2) is 6.82. The largest absolute Gasteiger partial charge is 0.493 e. The third kappa shape index (κ3) is 3.50. The van der Waals surface area contributed by atoms with Gasteiger partial charge in [-0.05, 0) is 36.4 Å². The van der Waals surface area contributed by atoms with E-state index in [2.05, 4.69) is 24.9 Å². The van der Waals surface area contributed by atoms with Crippen LogP contribution in [0, 0.1) is 24.2 Å². The maximum absolute atomic E-state index is 11.2. The number of ether oxygens (including phenoxy) is 1. The number of aromatic carboxylic acids is 1. The van der Waals surface area contributed by atoms with Crippen molar-refractivity contribution in [1.29, 1.82) is 5.26 Å². The zero-order chi connectivity index (χ0) is 18.1. The number of aryl methyl sites for hydroxylation is 1. The zero-order valence-electron chi connectivity index (χ0n) is 14.0. The third-order valence-corrected chi connectivity index (χ3v) is 5.99. The van der Waals surface area contributed by atoms with Crippen LogP contribution in [0.15, 0.2) is 18.2 Å². The van der Waals surface area contributed by atoms with E-state index in [1.807, 2.05) is 12.1 Å². The van der Waals surface area contributed by atoms with Gasteiger partial charge in [-0.25, -0.2) is 9.78 Å². The number of thiophene rings is 1. The summed E-state index contributed by atoms with van der Waals surface area (Å²) in [6.07, 6.45) is 0. The highest BCUT2D eigenvalue weighted by Gasteiger charge is 2.18. The van der Waals surface area contributed by atoms with Crippen LogP contribution >= 0.6 is 22.7 Å². The minimum Gasteiger partial charge on any atom is -0.493 e. The number of aromatic nitrogens is 1. The van der Waals surface area contributed by atoms with Gasteiger partial charge >= 0.3 is 5.97 Å². The van der Waals surface area contributed by atoms with Crippen molar-refractivity contribution in [1.82, 2.24) is 4.98 Å². The lowest BCUT2D eigenvalue weighted by Gasteiger charge is -2.09. The Morgan fingerprint density at radius 2 is 2.12 bits per heavy atom. The summed E-state index contributed by atoms with van der Waals surface area (Å²) < 4.78 is 6.61. The lowest BCUT2D eigenvalue weighted by Crippen LogP contribution is -2.04. The fourth-order valence-corrected chi connectivity index (χ4v) is 4.42. The van der Waals surface area contributed by atoms with Crippen molar-refractivity contribution in [2.75, 3.05) is 6.61 Å². The fraction of sp³-hybridized carbons (Fsp3) is 0.278. The molecule has 2 aromatic heterocycles. The number of nitriles is 1. The van der Waals surface area contributed by atoms with Crippen molar-refractivity contribution in [3.8, 4) is 21.7 Å². The van der Waals surface area contributed by atoms with Gasteiger partial charge in [0.2, 0.25) is 0 Å². The summed E-state index contributed by atoms with van der Waals surface area (Å²) in [5.74, 6) is 0.0973. The van der Waals surface area contributed by atoms with Crippen molar-refractivity contribution in [2.24, 2.45) is 5.92 Å². The lowest BCUT2D eigenvalue weighted by atomic mass is 10.1. The summed E-state index contributed by atoms with van der Waals surface area (Å²) in [7, 11) is 0. The molecule has 0 radical (unpaired) electrons. The summed E-state index contributed by atoms with van der Waals surface area (Å²) in [5.41, 5.74) is 1.06. The highest BCUT2D eigenvalue weighted by molar-refractivity contribution is 7.26. The molecule has 1 aromatic carbocycles. The van der Waals surface area contributed by atoms with Gasteiger partial charge in [-0.3, -0.25) is 0 Å². The molecule has 0 unspecified atom stereocenters. The Bertz CT molecular complexity index is 996. The van der Waals surface area contributed by atoms with Gasteiger partial charge in [0.25, 0.3) is 0 Å². The molecule has 0 bridgehead atoms. The fourth-order valence-electron chi connectivity index (χ4n) is 2.36. The predicted octanol–water partition coefficient (Wildman–Crippen LogP) is 4.94. The smallest absolute Gasteiger partial charge is 0.347 e. The number of benzene rings is 1. The van der Waals surface area contributed by atoms with Gasteiger partial charge in [0.15, 0.2) is 0 Å². The number of fused-ring (bicyclic) bond motifs is 1. The molecule has 3 rings (SSSR count). The molecular formula is C18H16N2O3S2. The predicted molar refractivity (Wildman–Crippen MR) is 99.7 cm³/mol. The molecule has 2 heterocycles. The third-order valence-electron chi connectivity index (χ3n) is 3.50. The summed E-state index contributed by atoms with van der Waals surface area (Å²) in [4.78, 5) is 16.7. The van der Waals surface area contributed by atoms with E-state index in [4.69, 9.17) is 4.74 Å². The maximum Gasteiger partial charge on any atom is 0.347 e. The van der Waals surface area contributed by atoms with Crippen molar-refractivity contribution in [3.05, 3.63) is 34.3 Å². The van der Waals surface area contributed by atoms with E-state index in [9.17, 15) is 15.2 Å². The molecule has 0 atom stereocenters. The highest BCUT2D eigenvalue weighted by atomic mass is 32.1. The first-order chi connectivity index (χ1) is 11.9. The molecule has 0 spiro atoms.